The molecule has 1 aromatic carbocycles. The summed E-state index contributed by atoms with van der Waals surface area (Å²) in [6.45, 7) is 12.4. The molecule has 0 saturated carbocycles. The molecule has 118 valence electrons. The fraction of sp³-hybridized carbons (Fsp3) is 0.647. The second-order valence-electron chi connectivity index (χ2n) is 6.06. The Kier molecular flexibility index (Phi) is 5.22. The van der Waals surface area contributed by atoms with Gasteiger partial charge in [-0.15, -0.1) is 0 Å². The van der Waals surface area contributed by atoms with Crippen LogP contribution >= 0.6 is 0 Å². The number of halogens is 1. The second-order valence-corrected chi connectivity index (χ2v) is 6.06. The number of likely N-dealkylation sites (N-methyl/N-ethyl adjacent to an activating group) is 1. The number of nitrogens with zero attached hydrogens (tertiary/aromatic N) is 2. The molecule has 1 saturated heterocycles. The molecule has 0 amide bonds. The highest BCUT2D eigenvalue weighted by molar-refractivity contribution is 5.58. The van der Waals surface area contributed by atoms with Crippen molar-refractivity contribution in [2.75, 3.05) is 31.1 Å². The van der Waals surface area contributed by atoms with Gasteiger partial charge in [-0.1, -0.05) is 13.8 Å². The molecule has 1 aliphatic heterocycles. The largest absolute Gasteiger partial charge is 0.370 e. The standard InChI is InChI=1S/C17H28FN3/c1-5-20(6-2)14-7-8-21(11-14)17-9-12(3)16(18)10-15(17)13(4)19/h9-10,13-14H,5-8,11,19H2,1-4H3. The van der Waals surface area contributed by atoms with E-state index in [-0.39, 0.29) is 11.9 Å². The summed E-state index contributed by atoms with van der Waals surface area (Å²) < 4.78 is 13.8. The lowest BCUT2D eigenvalue weighted by atomic mass is 10.0. The van der Waals surface area contributed by atoms with Crippen LogP contribution in [0.3, 0.4) is 0 Å². The van der Waals surface area contributed by atoms with Crippen LogP contribution in [0.5, 0.6) is 0 Å². The van der Waals surface area contributed by atoms with Crippen LogP contribution in [-0.4, -0.2) is 37.1 Å². The minimum Gasteiger partial charge on any atom is -0.370 e. The van der Waals surface area contributed by atoms with Gasteiger partial charge in [0.25, 0.3) is 0 Å². The summed E-state index contributed by atoms with van der Waals surface area (Å²) in [6, 6.07) is 4.01. The monoisotopic (exact) mass is 293 g/mol. The summed E-state index contributed by atoms with van der Waals surface area (Å²) >= 11 is 0. The number of hydrogen-bond donors (Lipinski definition) is 1. The van der Waals surface area contributed by atoms with Gasteiger partial charge in [0.2, 0.25) is 0 Å². The maximum atomic E-state index is 13.8. The van der Waals surface area contributed by atoms with Crippen LogP contribution in [0.4, 0.5) is 10.1 Å². The Morgan fingerprint density at radius 3 is 2.62 bits per heavy atom. The van der Waals surface area contributed by atoms with Crippen molar-refractivity contribution in [1.29, 1.82) is 0 Å². The maximum absolute atomic E-state index is 13.8. The van der Waals surface area contributed by atoms with E-state index in [0.717, 1.165) is 43.9 Å². The van der Waals surface area contributed by atoms with Crippen molar-refractivity contribution in [1.82, 2.24) is 4.90 Å². The Bertz CT molecular complexity index is 483. The zero-order valence-corrected chi connectivity index (χ0v) is 13.7. The maximum Gasteiger partial charge on any atom is 0.126 e. The molecule has 0 aliphatic carbocycles. The second kappa shape index (κ2) is 6.75. The summed E-state index contributed by atoms with van der Waals surface area (Å²) in [5.74, 6) is -0.162. The minimum atomic E-state index is -0.162. The first-order chi connectivity index (χ1) is 9.97. The molecule has 1 aliphatic rings. The highest BCUT2D eigenvalue weighted by Crippen LogP contribution is 2.31. The van der Waals surface area contributed by atoms with Crippen molar-refractivity contribution in [3.63, 3.8) is 0 Å². The lowest BCUT2D eigenvalue weighted by Crippen LogP contribution is -2.37. The first-order valence-electron chi connectivity index (χ1n) is 8.02. The van der Waals surface area contributed by atoms with Crippen LogP contribution in [0.1, 0.15) is 44.4 Å². The van der Waals surface area contributed by atoms with Crippen LogP contribution in [0.15, 0.2) is 12.1 Å². The van der Waals surface area contributed by atoms with Gasteiger partial charge in [-0.25, -0.2) is 4.39 Å². The molecule has 2 rings (SSSR count). The summed E-state index contributed by atoms with van der Waals surface area (Å²) in [5, 5.41) is 0. The van der Waals surface area contributed by atoms with E-state index in [1.54, 1.807) is 6.07 Å². The van der Waals surface area contributed by atoms with Gasteiger partial charge in [0.15, 0.2) is 0 Å². The molecule has 21 heavy (non-hydrogen) atoms. The molecular formula is C17H28FN3. The Morgan fingerprint density at radius 1 is 1.38 bits per heavy atom. The smallest absolute Gasteiger partial charge is 0.126 e. The van der Waals surface area contributed by atoms with Crippen molar-refractivity contribution in [3.8, 4) is 0 Å². The molecule has 2 atom stereocenters. The van der Waals surface area contributed by atoms with E-state index in [9.17, 15) is 4.39 Å². The fourth-order valence-electron chi connectivity index (χ4n) is 3.32. The third-order valence-electron chi connectivity index (χ3n) is 4.63. The number of rotatable bonds is 5. The van der Waals surface area contributed by atoms with Crippen LogP contribution in [0, 0.1) is 12.7 Å². The van der Waals surface area contributed by atoms with Crippen LogP contribution in [-0.2, 0) is 0 Å². The number of aryl methyl sites for hydroxylation is 1. The topological polar surface area (TPSA) is 32.5 Å². The SMILES string of the molecule is CCN(CC)C1CCN(c2cc(C)c(F)cc2C(C)N)C1. The summed E-state index contributed by atoms with van der Waals surface area (Å²) in [7, 11) is 0. The molecule has 0 aromatic heterocycles. The van der Waals surface area contributed by atoms with Gasteiger partial charge in [-0.2, -0.15) is 0 Å². The summed E-state index contributed by atoms with van der Waals surface area (Å²) in [4.78, 5) is 4.87. The molecule has 1 fully saturated rings. The molecule has 4 heteroatoms. The molecular weight excluding hydrogens is 265 g/mol. The molecule has 1 heterocycles. The van der Waals surface area contributed by atoms with Gasteiger partial charge >= 0.3 is 0 Å². The molecule has 0 radical (unpaired) electrons. The first kappa shape index (κ1) is 16.2. The van der Waals surface area contributed by atoms with E-state index >= 15 is 0 Å². The third kappa shape index (κ3) is 3.38. The summed E-state index contributed by atoms with van der Waals surface area (Å²) in [5.41, 5.74) is 8.76. The Hall–Kier alpha value is -1.13. The van der Waals surface area contributed by atoms with Crippen molar-refractivity contribution < 1.29 is 4.39 Å². The van der Waals surface area contributed by atoms with E-state index < -0.39 is 0 Å². The van der Waals surface area contributed by atoms with Crippen molar-refractivity contribution in [3.05, 3.63) is 29.1 Å². The lowest BCUT2D eigenvalue weighted by Gasteiger charge is -2.28. The summed E-state index contributed by atoms with van der Waals surface area (Å²) in [6.07, 6.45) is 1.16. The highest BCUT2D eigenvalue weighted by atomic mass is 19.1. The van der Waals surface area contributed by atoms with E-state index in [4.69, 9.17) is 5.73 Å². The van der Waals surface area contributed by atoms with Crippen molar-refractivity contribution in [2.24, 2.45) is 5.73 Å². The number of anilines is 1. The van der Waals surface area contributed by atoms with Gasteiger partial charge in [0.1, 0.15) is 5.82 Å². The number of hydrogen-bond acceptors (Lipinski definition) is 3. The first-order valence-corrected chi connectivity index (χ1v) is 8.02. The quantitative estimate of drug-likeness (QED) is 0.905. The Morgan fingerprint density at radius 2 is 2.05 bits per heavy atom. The van der Waals surface area contributed by atoms with E-state index in [2.05, 4.69) is 23.6 Å². The fourth-order valence-corrected chi connectivity index (χ4v) is 3.32. The van der Waals surface area contributed by atoms with Gasteiger partial charge in [0, 0.05) is 30.9 Å². The molecule has 1 aromatic rings. The number of benzene rings is 1. The molecule has 2 N–H and O–H groups in total. The van der Waals surface area contributed by atoms with Crippen LogP contribution in [0.2, 0.25) is 0 Å². The Labute approximate surface area is 127 Å². The molecule has 2 unspecified atom stereocenters. The van der Waals surface area contributed by atoms with Crippen molar-refractivity contribution >= 4 is 5.69 Å². The van der Waals surface area contributed by atoms with Gasteiger partial charge in [-0.05, 0) is 56.6 Å². The normalized spacial score (nSPS) is 20.3. The Balaban J connectivity index is 2.25. The van der Waals surface area contributed by atoms with Gasteiger partial charge < -0.3 is 10.6 Å². The molecule has 0 bridgehead atoms. The van der Waals surface area contributed by atoms with E-state index in [1.807, 2.05) is 19.9 Å². The molecule has 0 spiro atoms. The average molecular weight is 293 g/mol. The predicted octanol–water partition coefficient (Wildman–Crippen LogP) is 3.07. The predicted molar refractivity (Wildman–Crippen MR) is 87.3 cm³/mol. The van der Waals surface area contributed by atoms with Crippen molar-refractivity contribution in [2.45, 2.75) is 46.2 Å². The van der Waals surface area contributed by atoms with E-state index in [1.165, 1.54) is 0 Å². The zero-order chi connectivity index (χ0) is 15.6. The lowest BCUT2D eigenvalue weighted by molar-refractivity contribution is 0.232. The minimum absolute atomic E-state index is 0.150. The third-order valence-corrected chi connectivity index (χ3v) is 4.63. The van der Waals surface area contributed by atoms with Crippen LogP contribution < -0.4 is 10.6 Å². The van der Waals surface area contributed by atoms with Gasteiger partial charge in [0.05, 0.1) is 0 Å². The molecule has 3 nitrogen and oxygen atoms in total. The highest BCUT2D eigenvalue weighted by Gasteiger charge is 2.28. The van der Waals surface area contributed by atoms with Crippen LogP contribution in [0.25, 0.3) is 0 Å². The number of nitrogens with two attached hydrogens (primary N) is 1. The van der Waals surface area contributed by atoms with E-state index in [0.29, 0.717) is 11.6 Å². The zero-order valence-electron chi connectivity index (χ0n) is 13.7. The average Bonchev–Trinajstić information content (AvgIpc) is 2.92. The van der Waals surface area contributed by atoms with Gasteiger partial charge in [-0.3, -0.25) is 4.90 Å².